The van der Waals surface area contributed by atoms with Crippen LogP contribution in [0.5, 0.6) is 0 Å². The first kappa shape index (κ1) is 15.0. The molecule has 2 nitrogen and oxygen atoms in total. The van der Waals surface area contributed by atoms with Crippen LogP contribution >= 0.6 is 38.9 Å². The van der Waals surface area contributed by atoms with Gasteiger partial charge in [-0.2, -0.15) is 0 Å². The molecule has 0 saturated carbocycles. The van der Waals surface area contributed by atoms with E-state index in [2.05, 4.69) is 40.0 Å². The monoisotopic (exact) mass is 358 g/mol. The first-order valence-corrected chi connectivity index (χ1v) is 8.04. The predicted octanol–water partition coefficient (Wildman–Crippen LogP) is 4.30. The number of rotatable bonds is 5. The molecule has 102 valence electrons. The molecule has 0 fully saturated rings. The number of benzene rings is 1. The standard InChI is InChI=1S/C14H16BrClN2S/c1-18(8-10-3-2-4-11(15)5-10)13(7-17)14-6-12(16)9-19-14/h2-6,9,13H,7-8,17H2,1H3. The van der Waals surface area contributed by atoms with E-state index in [0.717, 1.165) is 16.0 Å². The van der Waals surface area contributed by atoms with Crippen molar-refractivity contribution in [2.75, 3.05) is 13.6 Å². The molecule has 2 aromatic rings. The summed E-state index contributed by atoms with van der Waals surface area (Å²) in [5.41, 5.74) is 7.17. The summed E-state index contributed by atoms with van der Waals surface area (Å²) >= 11 is 11.1. The number of thiophene rings is 1. The van der Waals surface area contributed by atoms with Crippen LogP contribution in [-0.4, -0.2) is 18.5 Å². The molecule has 1 heterocycles. The van der Waals surface area contributed by atoms with Crippen LogP contribution in [0.3, 0.4) is 0 Å². The van der Waals surface area contributed by atoms with E-state index in [1.165, 1.54) is 10.4 Å². The fraction of sp³-hybridized carbons (Fsp3) is 0.286. The molecule has 2 rings (SSSR count). The van der Waals surface area contributed by atoms with Crippen LogP contribution in [0.2, 0.25) is 5.02 Å². The lowest BCUT2D eigenvalue weighted by Gasteiger charge is -2.26. The third-order valence-corrected chi connectivity index (χ3v) is 4.87. The van der Waals surface area contributed by atoms with Gasteiger partial charge in [0, 0.05) is 27.8 Å². The molecule has 0 spiro atoms. The van der Waals surface area contributed by atoms with E-state index in [1.54, 1.807) is 11.3 Å². The van der Waals surface area contributed by atoms with E-state index in [-0.39, 0.29) is 6.04 Å². The van der Waals surface area contributed by atoms with Gasteiger partial charge in [-0.05, 0) is 30.8 Å². The largest absolute Gasteiger partial charge is 0.329 e. The van der Waals surface area contributed by atoms with Crippen LogP contribution < -0.4 is 5.73 Å². The van der Waals surface area contributed by atoms with Gasteiger partial charge in [0.05, 0.1) is 11.1 Å². The molecule has 1 aromatic carbocycles. The molecule has 5 heteroatoms. The molecule has 0 radical (unpaired) electrons. The molecule has 0 aliphatic heterocycles. The van der Waals surface area contributed by atoms with E-state index in [4.69, 9.17) is 17.3 Å². The molecular weight excluding hydrogens is 344 g/mol. The number of halogens is 2. The van der Waals surface area contributed by atoms with E-state index < -0.39 is 0 Å². The molecule has 19 heavy (non-hydrogen) atoms. The van der Waals surface area contributed by atoms with Gasteiger partial charge in [0.1, 0.15) is 0 Å². The van der Waals surface area contributed by atoms with Gasteiger partial charge in [-0.25, -0.2) is 0 Å². The average molecular weight is 360 g/mol. The van der Waals surface area contributed by atoms with Crippen LogP contribution in [0.15, 0.2) is 40.2 Å². The van der Waals surface area contributed by atoms with Crippen molar-refractivity contribution in [2.24, 2.45) is 5.73 Å². The average Bonchev–Trinajstić information content (AvgIpc) is 2.76. The van der Waals surface area contributed by atoms with Crippen LogP contribution in [0.1, 0.15) is 16.5 Å². The molecule has 1 aromatic heterocycles. The maximum Gasteiger partial charge on any atom is 0.0565 e. The molecule has 2 N–H and O–H groups in total. The summed E-state index contributed by atoms with van der Waals surface area (Å²) in [6.45, 7) is 1.44. The van der Waals surface area contributed by atoms with Crippen molar-refractivity contribution in [3.05, 3.63) is 55.6 Å². The summed E-state index contributed by atoms with van der Waals surface area (Å²) in [6, 6.07) is 10.5. The Kier molecular flexibility index (Phi) is 5.42. The number of hydrogen-bond acceptors (Lipinski definition) is 3. The Balaban J connectivity index is 2.11. The quantitative estimate of drug-likeness (QED) is 0.862. The zero-order valence-electron chi connectivity index (χ0n) is 10.6. The van der Waals surface area contributed by atoms with Crippen LogP contribution in [-0.2, 0) is 6.54 Å². The Labute approximate surface area is 131 Å². The van der Waals surface area contributed by atoms with Crippen molar-refractivity contribution in [1.82, 2.24) is 4.90 Å². The Morgan fingerprint density at radius 3 is 2.79 bits per heavy atom. The van der Waals surface area contributed by atoms with Gasteiger partial charge in [0.25, 0.3) is 0 Å². The zero-order chi connectivity index (χ0) is 13.8. The number of likely N-dealkylation sites (N-methyl/N-ethyl adjacent to an activating group) is 1. The highest BCUT2D eigenvalue weighted by atomic mass is 79.9. The molecular formula is C14H16BrClN2S. The Morgan fingerprint density at radius 2 is 2.21 bits per heavy atom. The summed E-state index contributed by atoms with van der Waals surface area (Å²) in [4.78, 5) is 3.47. The van der Waals surface area contributed by atoms with Crippen molar-refractivity contribution in [2.45, 2.75) is 12.6 Å². The van der Waals surface area contributed by atoms with E-state index in [9.17, 15) is 0 Å². The van der Waals surface area contributed by atoms with Crippen molar-refractivity contribution >= 4 is 38.9 Å². The maximum atomic E-state index is 5.99. The highest BCUT2D eigenvalue weighted by molar-refractivity contribution is 9.10. The maximum absolute atomic E-state index is 5.99. The van der Waals surface area contributed by atoms with Gasteiger partial charge in [-0.1, -0.05) is 39.7 Å². The minimum Gasteiger partial charge on any atom is -0.329 e. The third kappa shape index (κ3) is 4.04. The van der Waals surface area contributed by atoms with Crippen LogP contribution in [0.4, 0.5) is 0 Å². The molecule has 1 atom stereocenters. The van der Waals surface area contributed by atoms with Gasteiger partial charge in [0.2, 0.25) is 0 Å². The number of hydrogen-bond donors (Lipinski definition) is 1. The lowest BCUT2D eigenvalue weighted by molar-refractivity contribution is 0.245. The van der Waals surface area contributed by atoms with E-state index in [1.807, 2.05) is 23.6 Å². The second-order valence-electron chi connectivity index (χ2n) is 4.46. The van der Waals surface area contributed by atoms with Gasteiger partial charge in [-0.15, -0.1) is 11.3 Å². The Bertz CT molecular complexity index is 544. The lowest BCUT2D eigenvalue weighted by Crippen LogP contribution is -2.29. The van der Waals surface area contributed by atoms with Crippen molar-refractivity contribution in [3.63, 3.8) is 0 Å². The van der Waals surface area contributed by atoms with Crippen molar-refractivity contribution in [3.8, 4) is 0 Å². The molecule has 0 bridgehead atoms. The topological polar surface area (TPSA) is 29.3 Å². The first-order valence-electron chi connectivity index (χ1n) is 5.99. The molecule has 0 saturated heterocycles. The Morgan fingerprint density at radius 1 is 1.42 bits per heavy atom. The zero-order valence-corrected chi connectivity index (χ0v) is 13.8. The van der Waals surface area contributed by atoms with E-state index in [0.29, 0.717) is 6.54 Å². The summed E-state index contributed by atoms with van der Waals surface area (Å²) in [5.74, 6) is 0. The molecule has 1 unspecified atom stereocenters. The fourth-order valence-electron chi connectivity index (χ4n) is 2.05. The smallest absolute Gasteiger partial charge is 0.0565 e. The minimum absolute atomic E-state index is 0.205. The predicted molar refractivity (Wildman–Crippen MR) is 86.7 cm³/mol. The van der Waals surface area contributed by atoms with Gasteiger partial charge >= 0.3 is 0 Å². The van der Waals surface area contributed by atoms with E-state index >= 15 is 0 Å². The fourth-order valence-corrected chi connectivity index (χ4v) is 3.76. The summed E-state index contributed by atoms with van der Waals surface area (Å²) < 4.78 is 1.10. The summed E-state index contributed by atoms with van der Waals surface area (Å²) in [5, 5.41) is 2.74. The van der Waals surface area contributed by atoms with Gasteiger partial charge in [0.15, 0.2) is 0 Å². The van der Waals surface area contributed by atoms with Gasteiger partial charge < -0.3 is 5.73 Å². The van der Waals surface area contributed by atoms with Gasteiger partial charge in [-0.3, -0.25) is 4.90 Å². The number of nitrogens with two attached hydrogens (primary N) is 1. The lowest BCUT2D eigenvalue weighted by atomic mass is 10.1. The third-order valence-electron chi connectivity index (χ3n) is 2.99. The van der Waals surface area contributed by atoms with Crippen molar-refractivity contribution < 1.29 is 0 Å². The normalized spacial score (nSPS) is 12.9. The van der Waals surface area contributed by atoms with Crippen molar-refractivity contribution in [1.29, 1.82) is 0 Å². The first-order chi connectivity index (χ1) is 9.10. The van der Waals surface area contributed by atoms with Crippen LogP contribution in [0.25, 0.3) is 0 Å². The summed E-state index contributed by atoms with van der Waals surface area (Å²) in [6.07, 6.45) is 0. The SMILES string of the molecule is CN(Cc1cccc(Br)c1)C(CN)c1cc(Cl)cs1. The summed E-state index contributed by atoms with van der Waals surface area (Å²) in [7, 11) is 2.09. The highest BCUT2D eigenvalue weighted by Gasteiger charge is 2.17. The molecule has 0 aliphatic carbocycles. The van der Waals surface area contributed by atoms with Crippen LogP contribution in [0, 0.1) is 0 Å². The molecule has 0 amide bonds. The second-order valence-corrected chi connectivity index (χ2v) is 6.76. The second kappa shape index (κ2) is 6.86. The minimum atomic E-state index is 0.205. The highest BCUT2D eigenvalue weighted by Crippen LogP contribution is 2.29. The molecule has 0 aliphatic rings. The number of nitrogens with zero attached hydrogens (tertiary/aromatic N) is 1. The Hall–Kier alpha value is -0.390.